The van der Waals surface area contributed by atoms with Crippen LogP contribution >= 0.6 is 0 Å². The summed E-state index contributed by atoms with van der Waals surface area (Å²) in [4.78, 5) is 0. The van der Waals surface area contributed by atoms with Gasteiger partial charge in [0, 0.05) is 19.2 Å². The molecule has 2 nitrogen and oxygen atoms in total. The van der Waals surface area contributed by atoms with E-state index in [1.807, 2.05) is 12.1 Å². The lowest BCUT2D eigenvalue weighted by Crippen LogP contribution is -2.28. The van der Waals surface area contributed by atoms with Gasteiger partial charge in [-0.05, 0) is 24.6 Å². The fraction of sp³-hybridized carbons (Fsp3) is 0.400. The molecule has 0 spiro atoms. The summed E-state index contributed by atoms with van der Waals surface area (Å²) in [6.45, 7) is 0.848. The van der Waals surface area contributed by atoms with Gasteiger partial charge in [-0.15, -0.1) is 0 Å². The highest BCUT2D eigenvalue weighted by Crippen LogP contribution is 2.24. The molecule has 1 atom stereocenters. The minimum absolute atomic E-state index is 0.101. The number of hydrazine groups is 1. The second-order valence-corrected chi connectivity index (χ2v) is 3.56. The summed E-state index contributed by atoms with van der Waals surface area (Å²) >= 11 is 0. The SMILES string of the molecule is CN1CCC(c2cc(F)ccc2F)N1. The maximum Gasteiger partial charge on any atom is 0.128 e. The smallest absolute Gasteiger partial charge is 0.128 e. The third-order valence-electron chi connectivity index (χ3n) is 2.46. The fourth-order valence-corrected chi connectivity index (χ4v) is 1.72. The van der Waals surface area contributed by atoms with Gasteiger partial charge >= 0.3 is 0 Å². The van der Waals surface area contributed by atoms with Crippen molar-refractivity contribution in [2.24, 2.45) is 0 Å². The number of halogens is 2. The molecule has 1 saturated heterocycles. The van der Waals surface area contributed by atoms with Gasteiger partial charge in [-0.3, -0.25) is 0 Å². The Balaban J connectivity index is 2.27. The molecule has 1 N–H and O–H groups in total. The van der Waals surface area contributed by atoms with Crippen LogP contribution in [0, 0.1) is 11.6 Å². The number of hydrogen-bond donors (Lipinski definition) is 1. The molecule has 1 aliphatic rings. The van der Waals surface area contributed by atoms with Crippen molar-refractivity contribution < 1.29 is 8.78 Å². The van der Waals surface area contributed by atoms with E-state index in [0.29, 0.717) is 5.56 Å². The van der Waals surface area contributed by atoms with Crippen LogP contribution in [0.1, 0.15) is 18.0 Å². The van der Waals surface area contributed by atoms with E-state index in [9.17, 15) is 8.78 Å². The Morgan fingerprint density at radius 1 is 1.43 bits per heavy atom. The van der Waals surface area contributed by atoms with Gasteiger partial charge in [-0.1, -0.05) is 0 Å². The zero-order valence-electron chi connectivity index (χ0n) is 7.93. The van der Waals surface area contributed by atoms with Crippen LogP contribution in [0.25, 0.3) is 0 Å². The van der Waals surface area contributed by atoms with Gasteiger partial charge in [-0.25, -0.2) is 19.2 Å². The largest absolute Gasteiger partial charge is 0.248 e. The Morgan fingerprint density at radius 3 is 2.86 bits per heavy atom. The summed E-state index contributed by atoms with van der Waals surface area (Å²) in [5, 5.41) is 1.88. The molecule has 1 aromatic rings. The van der Waals surface area contributed by atoms with Crippen molar-refractivity contribution in [2.45, 2.75) is 12.5 Å². The Kier molecular flexibility index (Phi) is 2.48. The molecule has 1 fully saturated rings. The van der Waals surface area contributed by atoms with Gasteiger partial charge in [0.2, 0.25) is 0 Å². The van der Waals surface area contributed by atoms with E-state index < -0.39 is 5.82 Å². The maximum absolute atomic E-state index is 13.3. The van der Waals surface area contributed by atoms with E-state index in [2.05, 4.69) is 5.43 Å². The molecule has 0 saturated carbocycles. The lowest BCUT2D eigenvalue weighted by Gasteiger charge is -2.13. The van der Waals surface area contributed by atoms with Crippen molar-refractivity contribution in [1.29, 1.82) is 0 Å². The van der Waals surface area contributed by atoms with Crippen LogP contribution in [0.2, 0.25) is 0 Å². The molecular weight excluding hydrogens is 186 g/mol. The molecule has 1 unspecified atom stereocenters. The summed E-state index contributed by atoms with van der Waals surface area (Å²) in [6.07, 6.45) is 0.802. The Hall–Kier alpha value is -1.00. The van der Waals surface area contributed by atoms with E-state index in [0.717, 1.165) is 19.0 Å². The Morgan fingerprint density at radius 2 is 2.21 bits per heavy atom. The van der Waals surface area contributed by atoms with Crippen LogP contribution in [-0.4, -0.2) is 18.6 Å². The van der Waals surface area contributed by atoms with Crippen molar-refractivity contribution in [2.75, 3.05) is 13.6 Å². The highest BCUT2D eigenvalue weighted by molar-refractivity contribution is 5.22. The van der Waals surface area contributed by atoms with Crippen LogP contribution in [-0.2, 0) is 0 Å². The molecule has 1 aliphatic heterocycles. The van der Waals surface area contributed by atoms with E-state index in [4.69, 9.17) is 0 Å². The molecule has 14 heavy (non-hydrogen) atoms. The first-order valence-electron chi connectivity index (χ1n) is 4.59. The van der Waals surface area contributed by atoms with E-state index >= 15 is 0 Å². The van der Waals surface area contributed by atoms with Crippen LogP contribution in [0.15, 0.2) is 18.2 Å². The van der Waals surface area contributed by atoms with Crippen molar-refractivity contribution in [3.8, 4) is 0 Å². The predicted octanol–water partition coefficient (Wildman–Crippen LogP) is 1.85. The molecule has 1 heterocycles. The van der Waals surface area contributed by atoms with Gasteiger partial charge < -0.3 is 0 Å². The average molecular weight is 198 g/mol. The lowest BCUT2D eigenvalue weighted by molar-refractivity contribution is 0.290. The van der Waals surface area contributed by atoms with Crippen molar-refractivity contribution in [3.05, 3.63) is 35.4 Å². The normalized spacial score (nSPS) is 22.9. The Bertz CT molecular complexity index is 341. The minimum atomic E-state index is -0.391. The number of benzene rings is 1. The van der Waals surface area contributed by atoms with Gasteiger partial charge in [0.05, 0.1) is 6.04 Å². The van der Waals surface area contributed by atoms with Gasteiger partial charge in [-0.2, -0.15) is 0 Å². The number of nitrogens with zero attached hydrogens (tertiary/aromatic N) is 1. The van der Waals surface area contributed by atoms with Crippen LogP contribution in [0.4, 0.5) is 8.78 Å². The number of rotatable bonds is 1. The molecule has 0 amide bonds. The summed E-state index contributed by atoms with van der Waals surface area (Å²) in [5.41, 5.74) is 3.48. The second-order valence-electron chi connectivity index (χ2n) is 3.56. The molecule has 0 aliphatic carbocycles. The quantitative estimate of drug-likeness (QED) is 0.740. The molecule has 0 radical (unpaired) electrons. The summed E-state index contributed by atoms with van der Waals surface area (Å²) in [7, 11) is 1.89. The Labute approximate surface area is 81.5 Å². The van der Waals surface area contributed by atoms with E-state index in [1.165, 1.54) is 12.1 Å². The van der Waals surface area contributed by atoms with Crippen molar-refractivity contribution in [1.82, 2.24) is 10.4 Å². The first-order chi connectivity index (χ1) is 6.66. The number of nitrogens with one attached hydrogen (secondary N) is 1. The van der Waals surface area contributed by atoms with E-state index in [-0.39, 0.29) is 11.9 Å². The molecule has 0 aromatic heterocycles. The van der Waals surface area contributed by atoms with Crippen LogP contribution in [0.3, 0.4) is 0 Å². The molecular formula is C10H12F2N2. The summed E-state index contributed by atoms with van der Waals surface area (Å²) in [5.74, 6) is -0.739. The summed E-state index contributed by atoms with van der Waals surface area (Å²) < 4.78 is 26.2. The second kappa shape index (κ2) is 3.63. The fourth-order valence-electron chi connectivity index (χ4n) is 1.72. The zero-order chi connectivity index (χ0) is 10.1. The molecule has 2 rings (SSSR count). The highest BCUT2D eigenvalue weighted by atomic mass is 19.1. The maximum atomic E-state index is 13.3. The summed E-state index contributed by atoms with van der Waals surface area (Å²) in [6, 6.07) is 3.46. The zero-order valence-corrected chi connectivity index (χ0v) is 7.93. The highest BCUT2D eigenvalue weighted by Gasteiger charge is 2.23. The first-order valence-corrected chi connectivity index (χ1v) is 4.59. The van der Waals surface area contributed by atoms with Crippen molar-refractivity contribution in [3.63, 3.8) is 0 Å². The molecule has 76 valence electrons. The third-order valence-corrected chi connectivity index (χ3v) is 2.46. The van der Waals surface area contributed by atoms with Gasteiger partial charge in [0.25, 0.3) is 0 Å². The molecule has 4 heteroatoms. The first kappa shape index (κ1) is 9.55. The van der Waals surface area contributed by atoms with Gasteiger partial charge in [0.1, 0.15) is 11.6 Å². The van der Waals surface area contributed by atoms with E-state index in [1.54, 1.807) is 0 Å². The van der Waals surface area contributed by atoms with Crippen LogP contribution < -0.4 is 5.43 Å². The number of hydrogen-bond acceptors (Lipinski definition) is 2. The topological polar surface area (TPSA) is 15.3 Å². The van der Waals surface area contributed by atoms with Gasteiger partial charge in [0.15, 0.2) is 0 Å². The average Bonchev–Trinajstić information content (AvgIpc) is 2.56. The predicted molar refractivity (Wildman–Crippen MR) is 49.5 cm³/mol. The monoisotopic (exact) mass is 198 g/mol. The minimum Gasteiger partial charge on any atom is -0.248 e. The lowest BCUT2D eigenvalue weighted by atomic mass is 10.0. The van der Waals surface area contributed by atoms with Crippen molar-refractivity contribution >= 4 is 0 Å². The standard InChI is InChI=1S/C10H12F2N2/c1-14-5-4-10(13-14)8-6-7(11)2-3-9(8)12/h2-3,6,10,13H,4-5H2,1H3. The molecule has 1 aromatic carbocycles. The van der Waals surface area contributed by atoms with Crippen LogP contribution in [0.5, 0.6) is 0 Å². The molecule has 0 bridgehead atoms. The third kappa shape index (κ3) is 1.76.